The highest BCUT2D eigenvalue weighted by Crippen LogP contribution is 2.08. The van der Waals surface area contributed by atoms with Gasteiger partial charge in [-0.3, -0.25) is 0 Å². The van der Waals surface area contributed by atoms with Crippen LogP contribution in [-0.4, -0.2) is 26.4 Å². The molecule has 0 saturated carbocycles. The lowest BCUT2D eigenvalue weighted by Gasteiger charge is -2.12. The summed E-state index contributed by atoms with van der Waals surface area (Å²) in [5, 5.41) is 0. The molecular formula is C20H42O2. The number of unbranched alkanes of at least 4 members (excludes halogenated alkanes) is 8. The molecule has 0 bridgehead atoms. The Labute approximate surface area is 140 Å². The van der Waals surface area contributed by atoms with Crippen molar-refractivity contribution in [2.75, 3.05) is 26.4 Å². The first-order valence-electron chi connectivity index (χ1n) is 9.96. The van der Waals surface area contributed by atoms with Crippen LogP contribution in [0.3, 0.4) is 0 Å². The van der Waals surface area contributed by atoms with Gasteiger partial charge in [-0.15, -0.1) is 0 Å². The SMILES string of the molecule is CCCCCCCOCCCC(C)COCCCCCCC. The first kappa shape index (κ1) is 21.9. The molecular weight excluding hydrogens is 272 g/mol. The zero-order chi connectivity index (χ0) is 16.3. The van der Waals surface area contributed by atoms with Crippen LogP contribution in [0.1, 0.15) is 97.8 Å². The van der Waals surface area contributed by atoms with Crippen LogP contribution >= 0.6 is 0 Å². The van der Waals surface area contributed by atoms with E-state index < -0.39 is 0 Å². The van der Waals surface area contributed by atoms with Crippen LogP contribution in [0, 0.1) is 5.92 Å². The van der Waals surface area contributed by atoms with Crippen molar-refractivity contribution in [2.24, 2.45) is 5.92 Å². The van der Waals surface area contributed by atoms with Gasteiger partial charge in [0.1, 0.15) is 0 Å². The maximum Gasteiger partial charge on any atom is 0.0491 e. The van der Waals surface area contributed by atoms with E-state index in [-0.39, 0.29) is 0 Å². The summed E-state index contributed by atoms with van der Waals surface area (Å²) in [4.78, 5) is 0. The summed E-state index contributed by atoms with van der Waals surface area (Å²) < 4.78 is 11.5. The third-order valence-electron chi connectivity index (χ3n) is 4.17. The average molecular weight is 315 g/mol. The molecule has 0 aliphatic rings. The molecule has 0 amide bonds. The Morgan fingerprint density at radius 3 is 1.68 bits per heavy atom. The normalized spacial score (nSPS) is 12.7. The van der Waals surface area contributed by atoms with E-state index in [1.807, 2.05) is 0 Å². The summed E-state index contributed by atoms with van der Waals surface area (Å²) in [6.45, 7) is 10.6. The van der Waals surface area contributed by atoms with Crippen molar-refractivity contribution < 1.29 is 9.47 Å². The molecule has 22 heavy (non-hydrogen) atoms. The van der Waals surface area contributed by atoms with Crippen LogP contribution in [0.15, 0.2) is 0 Å². The van der Waals surface area contributed by atoms with E-state index in [4.69, 9.17) is 9.47 Å². The third-order valence-corrected chi connectivity index (χ3v) is 4.17. The fraction of sp³-hybridized carbons (Fsp3) is 1.00. The van der Waals surface area contributed by atoms with Crippen molar-refractivity contribution in [1.82, 2.24) is 0 Å². The summed E-state index contributed by atoms with van der Waals surface area (Å²) in [5.41, 5.74) is 0. The Balaban J connectivity index is 3.11. The molecule has 0 radical (unpaired) electrons. The molecule has 0 rings (SSSR count). The van der Waals surface area contributed by atoms with Crippen LogP contribution in [0.5, 0.6) is 0 Å². The largest absolute Gasteiger partial charge is 0.381 e. The van der Waals surface area contributed by atoms with E-state index in [0.717, 1.165) is 26.4 Å². The van der Waals surface area contributed by atoms with Crippen molar-refractivity contribution in [3.8, 4) is 0 Å². The van der Waals surface area contributed by atoms with Gasteiger partial charge in [-0.2, -0.15) is 0 Å². The molecule has 0 N–H and O–H groups in total. The lowest BCUT2D eigenvalue weighted by Crippen LogP contribution is -2.08. The molecule has 0 fully saturated rings. The van der Waals surface area contributed by atoms with E-state index in [0.29, 0.717) is 5.92 Å². The fourth-order valence-electron chi connectivity index (χ4n) is 2.62. The second kappa shape index (κ2) is 19.0. The van der Waals surface area contributed by atoms with E-state index in [1.165, 1.54) is 77.0 Å². The van der Waals surface area contributed by atoms with E-state index in [1.54, 1.807) is 0 Å². The molecule has 0 aliphatic heterocycles. The fourth-order valence-corrected chi connectivity index (χ4v) is 2.62. The first-order valence-corrected chi connectivity index (χ1v) is 9.96. The number of rotatable bonds is 18. The number of hydrogen-bond acceptors (Lipinski definition) is 2. The van der Waals surface area contributed by atoms with Crippen molar-refractivity contribution in [3.05, 3.63) is 0 Å². The van der Waals surface area contributed by atoms with Crippen LogP contribution in [0.25, 0.3) is 0 Å². The van der Waals surface area contributed by atoms with Crippen molar-refractivity contribution in [1.29, 1.82) is 0 Å². The molecule has 1 atom stereocenters. The Bertz CT molecular complexity index is 194. The molecule has 0 aliphatic carbocycles. The molecule has 2 nitrogen and oxygen atoms in total. The molecule has 1 unspecified atom stereocenters. The standard InChI is InChI=1S/C20H42O2/c1-4-6-8-10-12-16-21-18-14-15-20(3)19-22-17-13-11-9-7-5-2/h20H,4-19H2,1-3H3. The average Bonchev–Trinajstić information content (AvgIpc) is 2.52. The van der Waals surface area contributed by atoms with E-state index in [9.17, 15) is 0 Å². The molecule has 0 aromatic carbocycles. The maximum absolute atomic E-state index is 5.77. The quantitative estimate of drug-likeness (QED) is 0.273. The van der Waals surface area contributed by atoms with Gasteiger partial charge in [-0.1, -0.05) is 72.1 Å². The minimum atomic E-state index is 0.670. The van der Waals surface area contributed by atoms with Crippen molar-refractivity contribution >= 4 is 0 Å². The van der Waals surface area contributed by atoms with Gasteiger partial charge < -0.3 is 9.47 Å². The van der Waals surface area contributed by atoms with Crippen molar-refractivity contribution in [2.45, 2.75) is 97.8 Å². The maximum atomic E-state index is 5.77. The second-order valence-corrected chi connectivity index (χ2v) is 6.76. The number of ether oxygens (including phenoxy) is 2. The highest BCUT2D eigenvalue weighted by Gasteiger charge is 2.02. The van der Waals surface area contributed by atoms with Gasteiger partial charge in [0.25, 0.3) is 0 Å². The molecule has 0 heterocycles. The van der Waals surface area contributed by atoms with Crippen molar-refractivity contribution in [3.63, 3.8) is 0 Å². The van der Waals surface area contributed by atoms with E-state index in [2.05, 4.69) is 20.8 Å². The second-order valence-electron chi connectivity index (χ2n) is 6.76. The Hall–Kier alpha value is -0.0800. The molecule has 0 aromatic rings. The highest BCUT2D eigenvalue weighted by atomic mass is 16.5. The highest BCUT2D eigenvalue weighted by molar-refractivity contribution is 4.52. The van der Waals surface area contributed by atoms with Crippen LogP contribution in [-0.2, 0) is 9.47 Å². The minimum Gasteiger partial charge on any atom is -0.381 e. The predicted molar refractivity (Wildman–Crippen MR) is 97.6 cm³/mol. The van der Waals surface area contributed by atoms with Gasteiger partial charge >= 0.3 is 0 Å². The summed E-state index contributed by atoms with van der Waals surface area (Å²) in [5.74, 6) is 0.670. The third kappa shape index (κ3) is 18.0. The molecule has 0 spiro atoms. The van der Waals surface area contributed by atoms with Gasteiger partial charge in [0.05, 0.1) is 0 Å². The first-order chi connectivity index (χ1) is 10.8. The van der Waals surface area contributed by atoms with Gasteiger partial charge in [0.2, 0.25) is 0 Å². The van der Waals surface area contributed by atoms with Crippen LogP contribution in [0.2, 0.25) is 0 Å². The minimum absolute atomic E-state index is 0.670. The Kier molecular flexibility index (Phi) is 18.9. The van der Waals surface area contributed by atoms with Gasteiger partial charge in [-0.05, 0) is 31.6 Å². The lowest BCUT2D eigenvalue weighted by atomic mass is 10.1. The summed E-state index contributed by atoms with van der Waals surface area (Å²) in [6.07, 6.45) is 15.6. The lowest BCUT2D eigenvalue weighted by molar-refractivity contribution is 0.0874. The zero-order valence-corrected chi connectivity index (χ0v) is 15.7. The number of hydrogen-bond donors (Lipinski definition) is 0. The molecule has 134 valence electrons. The predicted octanol–water partition coefficient (Wildman–Crippen LogP) is 6.38. The van der Waals surface area contributed by atoms with Gasteiger partial charge in [-0.25, -0.2) is 0 Å². The summed E-state index contributed by atoms with van der Waals surface area (Å²) in [6, 6.07) is 0. The Morgan fingerprint density at radius 1 is 0.591 bits per heavy atom. The van der Waals surface area contributed by atoms with Crippen LogP contribution < -0.4 is 0 Å². The Morgan fingerprint density at radius 2 is 1.09 bits per heavy atom. The van der Waals surface area contributed by atoms with E-state index >= 15 is 0 Å². The molecule has 0 aromatic heterocycles. The van der Waals surface area contributed by atoms with Gasteiger partial charge in [0, 0.05) is 26.4 Å². The van der Waals surface area contributed by atoms with Crippen LogP contribution in [0.4, 0.5) is 0 Å². The zero-order valence-electron chi connectivity index (χ0n) is 15.7. The smallest absolute Gasteiger partial charge is 0.0491 e. The summed E-state index contributed by atoms with van der Waals surface area (Å²) in [7, 11) is 0. The topological polar surface area (TPSA) is 18.5 Å². The van der Waals surface area contributed by atoms with Gasteiger partial charge in [0.15, 0.2) is 0 Å². The monoisotopic (exact) mass is 314 g/mol. The molecule has 0 saturated heterocycles. The summed E-state index contributed by atoms with van der Waals surface area (Å²) >= 11 is 0. The molecule has 2 heteroatoms.